The van der Waals surface area contributed by atoms with Gasteiger partial charge in [-0.2, -0.15) is 4.31 Å². The van der Waals surface area contributed by atoms with Crippen molar-refractivity contribution in [2.24, 2.45) is 11.7 Å². The second-order valence-electron chi connectivity index (χ2n) is 5.20. The second-order valence-corrected chi connectivity index (χ2v) is 7.10. The van der Waals surface area contributed by atoms with E-state index in [2.05, 4.69) is 0 Å². The molecule has 0 spiro atoms. The van der Waals surface area contributed by atoms with E-state index in [1.807, 2.05) is 0 Å². The minimum Gasteiger partial charge on any atom is -0.396 e. The highest BCUT2D eigenvalue weighted by molar-refractivity contribution is 7.89. The van der Waals surface area contributed by atoms with Gasteiger partial charge in [-0.05, 0) is 36.8 Å². The van der Waals surface area contributed by atoms with E-state index in [0.717, 1.165) is 12.8 Å². The summed E-state index contributed by atoms with van der Waals surface area (Å²) in [6.07, 6.45) is 2.48. The van der Waals surface area contributed by atoms with Crippen LogP contribution < -0.4 is 5.73 Å². The molecule has 3 N–H and O–H groups in total. The molecule has 0 aliphatic carbocycles. The molecule has 0 aromatic heterocycles. The van der Waals surface area contributed by atoms with Gasteiger partial charge in [-0.25, -0.2) is 8.42 Å². The van der Waals surface area contributed by atoms with Gasteiger partial charge in [-0.3, -0.25) is 0 Å². The summed E-state index contributed by atoms with van der Waals surface area (Å²) >= 11 is 0. The summed E-state index contributed by atoms with van der Waals surface area (Å²) in [6, 6.07) is 6.89. The third kappa shape index (κ3) is 3.20. The number of sulfonamides is 1. The first-order valence-electron chi connectivity index (χ1n) is 6.98. The molecule has 1 aromatic carbocycles. The van der Waals surface area contributed by atoms with Gasteiger partial charge >= 0.3 is 0 Å². The van der Waals surface area contributed by atoms with Gasteiger partial charge in [0.2, 0.25) is 10.0 Å². The zero-order valence-electron chi connectivity index (χ0n) is 11.5. The van der Waals surface area contributed by atoms with Gasteiger partial charge in [0, 0.05) is 26.2 Å². The minimum absolute atomic E-state index is 0.109. The summed E-state index contributed by atoms with van der Waals surface area (Å²) < 4.78 is 27.0. The molecule has 0 radical (unpaired) electrons. The van der Waals surface area contributed by atoms with Crippen molar-refractivity contribution >= 4 is 10.0 Å². The lowest BCUT2D eigenvalue weighted by Gasteiger charge is -2.32. The number of hydrogen-bond donors (Lipinski definition) is 2. The van der Waals surface area contributed by atoms with Crippen molar-refractivity contribution in [1.29, 1.82) is 0 Å². The van der Waals surface area contributed by atoms with Gasteiger partial charge in [-0.1, -0.05) is 18.2 Å². The van der Waals surface area contributed by atoms with Gasteiger partial charge in [0.25, 0.3) is 0 Å². The van der Waals surface area contributed by atoms with Crippen molar-refractivity contribution in [3.8, 4) is 0 Å². The molecule has 2 rings (SSSR count). The monoisotopic (exact) mass is 298 g/mol. The largest absolute Gasteiger partial charge is 0.396 e. The predicted molar refractivity (Wildman–Crippen MR) is 77.5 cm³/mol. The van der Waals surface area contributed by atoms with E-state index in [1.165, 1.54) is 4.31 Å². The molecule has 112 valence electrons. The molecule has 1 fully saturated rings. The highest BCUT2D eigenvalue weighted by Gasteiger charge is 2.31. The van der Waals surface area contributed by atoms with Crippen LogP contribution in [0.3, 0.4) is 0 Å². The maximum Gasteiger partial charge on any atom is 0.243 e. The summed E-state index contributed by atoms with van der Waals surface area (Å²) in [4.78, 5) is 0.312. The molecule has 20 heavy (non-hydrogen) atoms. The molecule has 1 aliphatic rings. The Kier molecular flexibility index (Phi) is 5.15. The molecule has 1 atom stereocenters. The molecule has 5 nitrogen and oxygen atoms in total. The summed E-state index contributed by atoms with van der Waals surface area (Å²) in [5, 5.41) is 9.02. The van der Waals surface area contributed by atoms with Crippen molar-refractivity contribution in [3.05, 3.63) is 29.8 Å². The molecule has 0 bridgehead atoms. The minimum atomic E-state index is -3.48. The van der Waals surface area contributed by atoms with Crippen LogP contribution in [-0.4, -0.2) is 37.5 Å². The Morgan fingerprint density at radius 3 is 2.80 bits per heavy atom. The predicted octanol–water partition coefficient (Wildman–Crippen LogP) is 0.928. The number of aliphatic hydroxyl groups is 1. The highest BCUT2D eigenvalue weighted by Crippen LogP contribution is 2.26. The van der Waals surface area contributed by atoms with Crippen LogP contribution >= 0.6 is 0 Å². The molecule has 1 aromatic rings. The van der Waals surface area contributed by atoms with E-state index in [9.17, 15) is 8.42 Å². The Labute approximate surface area is 120 Å². The first-order chi connectivity index (χ1) is 9.59. The Morgan fingerprint density at radius 1 is 1.35 bits per heavy atom. The first-order valence-corrected chi connectivity index (χ1v) is 8.42. The van der Waals surface area contributed by atoms with Crippen molar-refractivity contribution in [2.45, 2.75) is 30.7 Å². The lowest BCUT2D eigenvalue weighted by atomic mass is 9.97. The van der Waals surface area contributed by atoms with E-state index >= 15 is 0 Å². The molecule has 1 unspecified atom stereocenters. The number of nitrogens with zero attached hydrogens (tertiary/aromatic N) is 1. The zero-order chi connectivity index (χ0) is 14.6. The quantitative estimate of drug-likeness (QED) is 0.847. The number of nitrogens with two attached hydrogens (primary N) is 1. The molecule has 0 saturated carbocycles. The smallest absolute Gasteiger partial charge is 0.243 e. The summed E-state index contributed by atoms with van der Waals surface area (Å²) in [5.41, 5.74) is 6.29. The molecule has 0 amide bonds. The number of piperidine rings is 1. The lowest BCUT2D eigenvalue weighted by Crippen LogP contribution is -2.40. The van der Waals surface area contributed by atoms with Crippen LogP contribution in [0.4, 0.5) is 0 Å². The average Bonchev–Trinajstić information content (AvgIpc) is 2.48. The number of rotatable bonds is 5. The van der Waals surface area contributed by atoms with Crippen LogP contribution in [0.15, 0.2) is 29.2 Å². The molecule has 1 heterocycles. The van der Waals surface area contributed by atoms with E-state index in [4.69, 9.17) is 10.8 Å². The Bertz CT molecular complexity index is 543. The molecular weight excluding hydrogens is 276 g/mol. The van der Waals surface area contributed by atoms with Crippen LogP contribution in [0.2, 0.25) is 0 Å². The fourth-order valence-corrected chi connectivity index (χ4v) is 4.51. The Balaban J connectivity index is 2.25. The standard InChI is InChI=1S/C14H22N2O3S/c15-10-13-5-1-2-6-14(13)20(18,19)16-8-3-4-12(11-16)7-9-17/h1-2,5-6,12,17H,3-4,7-11,15H2. The number of benzene rings is 1. The summed E-state index contributed by atoms with van der Waals surface area (Å²) in [7, 11) is -3.48. The van der Waals surface area contributed by atoms with Gasteiger partial charge in [0.05, 0.1) is 4.90 Å². The van der Waals surface area contributed by atoms with Gasteiger partial charge in [0.1, 0.15) is 0 Å². The van der Waals surface area contributed by atoms with E-state index in [-0.39, 0.29) is 19.1 Å². The van der Waals surface area contributed by atoms with Crippen LogP contribution in [0.25, 0.3) is 0 Å². The van der Waals surface area contributed by atoms with Crippen molar-refractivity contribution in [3.63, 3.8) is 0 Å². The number of aliphatic hydroxyl groups excluding tert-OH is 1. The number of hydrogen-bond acceptors (Lipinski definition) is 4. The fourth-order valence-electron chi connectivity index (χ4n) is 2.73. The third-order valence-corrected chi connectivity index (χ3v) is 5.79. The molecule has 6 heteroatoms. The molecule has 1 saturated heterocycles. The normalized spacial score (nSPS) is 21.0. The summed E-state index contributed by atoms with van der Waals surface area (Å²) in [5.74, 6) is 0.244. The van der Waals surface area contributed by atoms with Crippen molar-refractivity contribution < 1.29 is 13.5 Å². The molecule has 1 aliphatic heterocycles. The van der Waals surface area contributed by atoms with Crippen LogP contribution in [0, 0.1) is 5.92 Å². The fraction of sp³-hybridized carbons (Fsp3) is 0.571. The van der Waals surface area contributed by atoms with Crippen molar-refractivity contribution in [1.82, 2.24) is 4.31 Å². The lowest BCUT2D eigenvalue weighted by molar-refractivity contribution is 0.203. The van der Waals surface area contributed by atoms with Crippen LogP contribution in [0.5, 0.6) is 0 Å². The van der Waals surface area contributed by atoms with E-state index in [1.54, 1.807) is 24.3 Å². The van der Waals surface area contributed by atoms with Gasteiger partial charge < -0.3 is 10.8 Å². The molecular formula is C14H22N2O3S. The van der Waals surface area contributed by atoms with E-state index in [0.29, 0.717) is 30.0 Å². The summed E-state index contributed by atoms with van der Waals surface area (Å²) in [6.45, 7) is 1.35. The van der Waals surface area contributed by atoms with Crippen LogP contribution in [0.1, 0.15) is 24.8 Å². The zero-order valence-corrected chi connectivity index (χ0v) is 12.3. The van der Waals surface area contributed by atoms with Crippen molar-refractivity contribution in [2.75, 3.05) is 19.7 Å². The highest BCUT2D eigenvalue weighted by atomic mass is 32.2. The van der Waals surface area contributed by atoms with Gasteiger partial charge in [0.15, 0.2) is 0 Å². The first kappa shape index (κ1) is 15.4. The van der Waals surface area contributed by atoms with Gasteiger partial charge in [-0.15, -0.1) is 0 Å². The van der Waals surface area contributed by atoms with Crippen LogP contribution in [-0.2, 0) is 16.6 Å². The maximum absolute atomic E-state index is 12.7. The van der Waals surface area contributed by atoms with E-state index < -0.39 is 10.0 Å². The topological polar surface area (TPSA) is 83.6 Å². The second kappa shape index (κ2) is 6.67. The third-order valence-electron chi connectivity index (χ3n) is 3.83. The average molecular weight is 298 g/mol. The Hall–Kier alpha value is -0.950. The SMILES string of the molecule is NCc1ccccc1S(=O)(=O)N1CCCC(CCO)C1. The maximum atomic E-state index is 12.7. The Morgan fingerprint density at radius 2 is 2.10 bits per heavy atom.